The number of oxime groups is 1. The molecule has 0 unspecified atom stereocenters. The van der Waals surface area contributed by atoms with E-state index < -0.39 is 17.6 Å². The molecule has 0 saturated heterocycles. The molecule has 7 nitrogen and oxygen atoms in total. The predicted octanol–water partition coefficient (Wildman–Crippen LogP) is 4.03. The Morgan fingerprint density at radius 1 is 1.30 bits per heavy atom. The van der Waals surface area contributed by atoms with E-state index in [-0.39, 0.29) is 23.0 Å². The number of hydrogen-bond donors (Lipinski definition) is 3. The van der Waals surface area contributed by atoms with E-state index in [1.807, 2.05) is 6.26 Å². The highest BCUT2D eigenvalue weighted by Crippen LogP contribution is 2.33. The van der Waals surface area contributed by atoms with E-state index in [0.29, 0.717) is 18.7 Å². The molecule has 0 aliphatic rings. The summed E-state index contributed by atoms with van der Waals surface area (Å²) in [5, 5.41) is 24.8. The molecule has 27 heavy (non-hydrogen) atoms. The molecule has 1 aromatic carbocycles. The van der Waals surface area contributed by atoms with Crippen LogP contribution in [0.5, 0.6) is 0 Å². The smallest absolute Gasteiger partial charge is 0.409 e. The molecule has 0 saturated carbocycles. The van der Waals surface area contributed by atoms with Gasteiger partial charge in [-0.1, -0.05) is 5.16 Å². The molecule has 12 heteroatoms. The van der Waals surface area contributed by atoms with Gasteiger partial charge in [0.05, 0.1) is 5.56 Å². The fraction of sp³-hybridized carbons (Fsp3) is 0.400. The van der Waals surface area contributed by atoms with E-state index in [1.54, 1.807) is 11.8 Å². The summed E-state index contributed by atoms with van der Waals surface area (Å²) in [6.45, 7) is 0.551. The molecule has 0 amide bonds. The third-order valence-electron chi connectivity index (χ3n) is 3.42. The zero-order valence-corrected chi connectivity index (χ0v) is 15.0. The molecule has 3 N–H and O–H groups in total. The molecule has 2 aromatic rings. The summed E-state index contributed by atoms with van der Waals surface area (Å²) < 4.78 is 56.4. The lowest BCUT2D eigenvalue weighted by molar-refractivity contribution is -0.139. The normalized spacial score (nSPS) is 12.3. The van der Waals surface area contributed by atoms with Crippen molar-refractivity contribution in [2.24, 2.45) is 5.16 Å². The molecular formula is C15H17F4N5O2S. The number of thioether (sulfide) groups is 1. The summed E-state index contributed by atoms with van der Waals surface area (Å²) in [5.41, 5.74) is -1.62. The van der Waals surface area contributed by atoms with Gasteiger partial charge in [0.2, 0.25) is 11.7 Å². The fourth-order valence-electron chi connectivity index (χ4n) is 2.13. The molecule has 0 aliphatic heterocycles. The largest absolute Gasteiger partial charge is 0.419 e. The van der Waals surface area contributed by atoms with Crippen LogP contribution in [0.2, 0.25) is 0 Å². The standard InChI is InChI=1S/C15H17F4N5O2S/c1-27-7-3-2-6-20-13-12(23-26-24-13)14(22-25)21-9-4-5-11(16)10(8-9)15(17,18)19/h4-5,8,25H,2-3,6-7H2,1H3,(H,20,24)(H,21,22). The minimum absolute atomic E-state index is 0.0275. The second kappa shape index (κ2) is 9.44. The summed E-state index contributed by atoms with van der Waals surface area (Å²) in [6.07, 6.45) is -1.04. The van der Waals surface area contributed by atoms with Crippen LogP contribution in [0.3, 0.4) is 0 Å². The highest BCUT2D eigenvalue weighted by molar-refractivity contribution is 7.98. The highest BCUT2D eigenvalue weighted by Gasteiger charge is 2.34. The van der Waals surface area contributed by atoms with E-state index >= 15 is 0 Å². The molecule has 0 atom stereocenters. The molecule has 0 spiro atoms. The second-order valence-electron chi connectivity index (χ2n) is 5.35. The molecule has 0 fully saturated rings. The Morgan fingerprint density at radius 3 is 2.74 bits per heavy atom. The van der Waals surface area contributed by atoms with Crippen LogP contribution >= 0.6 is 11.8 Å². The van der Waals surface area contributed by atoms with Gasteiger partial charge in [-0.15, -0.1) is 0 Å². The number of nitrogens with one attached hydrogen (secondary N) is 2. The number of amidine groups is 1. The first-order valence-electron chi connectivity index (χ1n) is 7.78. The van der Waals surface area contributed by atoms with Crippen molar-refractivity contribution in [2.75, 3.05) is 29.2 Å². The van der Waals surface area contributed by atoms with Gasteiger partial charge in [0.15, 0.2) is 5.69 Å². The maximum atomic E-state index is 13.4. The third-order valence-corrected chi connectivity index (χ3v) is 4.11. The molecule has 0 radical (unpaired) electrons. The van der Waals surface area contributed by atoms with Crippen molar-refractivity contribution in [1.82, 2.24) is 10.3 Å². The van der Waals surface area contributed by atoms with Crippen molar-refractivity contribution in [1.29, 1.82) is 0 Å². The third kappa shape index (κ3) is 5.74. The minimum Gasteiger partial charge on any atom is -0.409 e. The molecule has 0 bridgehead atoms. The predicted molar refractivity (Wildman–Crippen MR) is 93.8 cm³/mol. The number of halogens is 4. The Bertz CT molecular complexity index is 782. The molecule has 148 valence electrons. The maximum absolute atomic E-state index is 13.4. The number of benzene rings is 1. The van der Waals surface area contributed by atoms with E-state index in [9.17, 15) is 22.8 Å². The number of unbranched alkanes of at least 4 members (excludes halogenated alkanes) is 1. The monoisotopic (exact) mass is 407 g/mol. The number of rotatable bonds is 8. The number of nitrogens with zero attached hydrogens (tertiary/aromatic N) is 3. The zero-order chi connectivity index (χ0) is 19.9. The number of anilines is 2. The molecule has 2 rings (SSSR count). The van der Waals surface area contributed by atoms with Gasteiger partial charge >= 0.3 is 6.18 Å². The SMILES string of the molecule is CSCCCCNc1nonc1/C(=N/O)Nc1ccc(F)c(C(F)(F)F)c1. The number of alkyl halides is 3. The number of hydrogen-bond acceptors (Lipinski definition) is 7. The number of aromatic nitrogens is 2. The summed E-state index contributed by atoms with van der Waals surface area (Å²) in [7, 11) is 0. The van der Waals surface area contributed by atoms with Gasteiger partial charge in [-0.3, -0.25) is 0 Å². The topological polar surface area (TPSA) is 95.6 Å². The van der Waals surface area contributed by atoms with Gasteiger partial charge in [-0.2, -0.15) is 24.9 Å². The Kier molecular flexibility index (Phi) is 7.28. The molecule has 1 heterocycles. The zero-order valence-electron chi connectivity index (χ0n) is 14.2. The maximum Gasteiger partial charge on any atom is 0.419 e. The minimum atomic E-state index is -4.86. The van der Waals surface area contributed by atoms with Crippen molar-refractivity contribution < 1.29 is 27.4 Å². The van der Waals surface area contributed by atoms with E-state index in [4.69, 9.17) is 0 Å². The van der Waals surface area contributed by atoms with Gasteiger partial charge in [0.1, 0.15) is 5.82 Å². The quantitative estimate of drug-likeness (QED) is 0.152. The van der Waals surface area contributed by atoms with Crippen molar-refractivity contribution in [2.45, 2.75) is 19.0 Å². The second-order valence-corrected chi connectivity index (χ2v) is 6.34. The fourth-order valence-corrected chi connectivity index (χ4v) is 2.62. The van der Waals surface area contributed by atoms with Gasteiger partial charge in [0.25, 0.3) is 0 Å². The average Bonchev–Trinajstić information content (AvgIpc) is 3.08. The van der Waals surface area contributed by atoms with Crippen molar-refractivity contribution in [3.8, 4) is 0 Å². The summed E-state index contributed by atoms with van der Waals surface area (Å²) >= 11 is 1.72. The Morgan fingerprint density at radius 2 is 2.07 bits per heavy atom. The van der Waals surface area contributed by atoms with Crippen molar-refractivity contribution >= 4 is 29.1 Å². The van der Waals surface area contributed by atoms with Crippen LogP contribution in [0.15, 0.2) is 28.0 Å². The van der Waals surface area contributed by atoms with Crippen LogP contribution in [-0.4, -0.2) is 39.9 Å². The highest BCUT2D eigenvalue weighted by atomic mass is 32.2. The van der Waals surface area contributed by atoms with Gasteiger partial charge in [-0.05, 0) is 53.4 Å². The van der Waals surface area contributed by atoms with E-state index in [1.165, 1.54) is 0 Å². The van der Waals surface area contributed by atoms with Crippen molar-refractivity contribution in [3.63, 3.8) is 0 Å². The lowest BCUT2D eigenvalue weighted by Crippen LogP contribution is -2.18. The van der Waals surface area contributed by atoms with Crippen LogP contribution in [0, 0.1) is 5.82 Å². The lowest BCUT2D eigenvalue weighted by Gasteiger charge is -2.12. The van der Waals surface area contributed by atoms with E-state index in [0.717, 1.165) is 24.7 Å². The van der Waals surface area contributed by atoms with Crippen LogP contribution in [0.25, 0.3) is 0 Å². The summed E-state index contributed by atoms with van der Waals surface area (Å²) in [4.78, 5) is 0. The molecular weight excluding hydrogens is 390 g/mol. The van der Waals surface area contributed by atoms with E-state index in [2.05, 4.69) is 30.7 Å². The molecule has 0 aliphatic carbocycles. The average molecular weight is 407 g/mol. The Balaban J connectivity index is 2.12. The van der Waals surface area contributed by atoms with Gasteiger partial charge in [0, 0.05) is 12.2 Å². The van der Waals surface area contributed by atoms with Crippen LogP contribution < -0.4 is 10.6 Å². The first kappa shape index (κ1) is 20.8. The first-order chi connectivity index (χ1) is 12.9. The lowest BCUT2D eigenvalue weighted by atomic mass is 10.1. The summed E-state index contributed by atoms with van der Waals surface area (Å²) in [6, 6.07) is 2.29. The van der Waals surface area contributed by atoms with Gasteiger partial charge < -0.3 is 15.8 Å². The summed E-state index contributed by atoms with van der Waals surface area (Å²) in [5.74, 6) is -0.547. The van der Waals surface area contributed by atoms with Crippen LogP contribution in [0.4, 0.5) is 29.1 Å². The van der Waals surface area contributed by atoms with Gasteiger partial charge in [-0.25, -0.2) is 9.02 Å². The van der Waals surface area contributed by atoms with Crippen LogP contribution in [0.1, 0.15) is 24.1 Å². The molecule has 1 aromatic heterocycles. The Hall–Kier alpha value is -2.50. The Labute approximate surface area is 156 Å². The van der Waals surface area contributed by atoms with Crippen LogP contribution in [-0.2, 0) is 6.18 Å². The first-order valence-corrected chi connectivity index (χ1v) is 9.17. The van der Waals surface area contributed by atoms with Crippen molar-refractivity contribution in [3.05, 3.63) is 35.3 Å².